The maximum Gasteiger partial charge on any atom is 0.509 e. The number of allylic oxidation sites excluding steroid dienone is 2. The van der Waals surface area contributed by atoms with Crippen molar-refractivity contribution in [1.29, 1.82) is 0 Å². The fourth-order valence-electron chi connectivity index (χ4n) is 0.721. The van der Waals surface area contributed by atoms with Crippen LogP contribution in [0, 0.1) is 0 Å². The Hall–Kier alpha value is -1.45. The van der Waals surface area contributed by atoms with E-state index in [1.165, 1.54) is 19.3 Å². The van der Waals surface area contributed by atoms with Gasteiger partial charge in [-0.05, 0) is 12.2 Å². The molecule has 4 nitrogen and oxygen atoms in total. The number of hydrogen-bond acceptors (Lipinski definition) is 3. The Kier molecular flexibility index (Phi) is 1.85. The average molecular weight is 156 g/mol. The van der Waals surface area contributed by atoms with Gasteiger partial charge < -0.3 is 14.6 Å². The Balaban J connectivity index is 2.61. The van der Waals surface area contributed by atoms with E-state index in [9.17, 15) is 4.79 Å². The SMILES string of the molecule is CC1(OC(=O)O)C=CC=CO1. The molecule has 0 aromatic rings. The van der Waals surface area contributed by atoms with Crippen LogP contribution < -0.4 is 0 Å². The van der Waals surface area contributed by atoms with E-state index in [4.69, 9.17) is 9.84 Å². The lowest BCUT2D eigenvalue weighted by molar-refractivity contribution is -0.130. The van der Waals surface area contributed by atoms with Gasteiger partial charge in [-0.25, -0.2) is 4.79 Å². The monoisotopic (exact) mass is 156 g/mol. The number of rotatable bonds is 1. The number of carbonyl (C=O) groups is 1. The first kappa shape index (κ1) is 7.65. The van der Waals surface area contributed by atoms with Crippen molar-refractivity contribution < 1.29 is 19.4 Å². The molecule has 1 rings (SSSR count). The molecule has 1 heterocycles. The Bertz CT molecular complexity index is 218. The molecule has 0 amide bonds. The standard InChI is InChI=1S/C7H8O4/c1-7(11-6(8)9)4-2-3-5-10-7/h2-5H,1H3,(H,8,9). The van der Waals surface area contributed by atoms with Crippen molar-refractivity contribution in [2.45, 2.75) is 12.7 Å². The lowest BCUT2D eigenvalue weighted by Crippen LogP contribution is -2.31. The van der Waals surface area contributed by atoms with Gasteiger partial charge in [0.1, 0.15) is 0 Å². The third kappa shape index (κ3) is 2.00. The van der Waals surface area contributed by atoms with Crippen LogP contribution in [0.5, 0.6) is 0 Å². The molecular weight excluding hydrogens is 148 g/mol. The second-order valence-corrected chi connectivity index (χ2v) is 2.19. The predicted molar refractivity (Wildman–Crippen MR) is 36.9 cm³/mol. The molecule has 0 saturated carbocycles. The molecule has 0 aromatic carbocycles. The van der Waals surface area contributed by atoms with Gasteiger partial charge in [0.15, 0.2) is 0 Å². The topological polar surface area (TPSA) is 55.8 Å². The quantitative estimate of drug-likeness (QED) is 0.584. The summed E-state index contributed by atoms with van der Waals surface area (Å²) in [4.78, 5) is 10.1. The predicted octanol–water partition coefficient (Wildman–Crippen LogP) is 1.50. The van der Waals surface area contributed by atoms with Gasteiger partial charge in [0.05, 0.1) is 6.26 Å². The number of hydrogen-bond donors (Lipinski definition) is 1. The highest BCUT2D eigenvalue weighted by Crippen LogP contribution is 2.18. The van der Waals surface area contributed by atoms with Gasteiger partial charge in [-0.15, -0.1) is 0 Å². The van der Waals surface area contributed by atoms with E-state index in [1.54, 1.807) is 12.2 Å². The lowest BCUT2D eigenvalue weighted by Gasteiger charge is -2.24. The van der Waals surface area contributed by atoms with E-state index < -0.39 is 11.9 Å². The van der Waals surface area contributed by atoms with Crippen molar-refractivity contribution in [3.05, 3.63) is 24.5 Å². The summed E-state index contributed by atoms with van der Waals surface area (Å²) < 4.78 is 9.34. The van der Waals surface area contributed by atoms with E-state index in [0.29, 0.717) is 0 Å². The zero-order valence-corrected chi connectivity index (χ0v) is 5.98. The van der Waals surface area contributed by atoms with Gasteiger partial charge in [-0.2, -0.15) is 0 Å². The highest BCUT2D eigenvalue weighted by Gasteiger charge is 2.27. The maximum absolute atomic E-state index is 10.1. The van der Waals surface area contributed by atoms with Crippen molar-refractivity contribution in [1.82, 2.24) is 0 Å². The molecule has 60 valence electrons. The van der Waals surface area contributed by atoms with Crippen LogP contribution in [0.2, 0.25) is 0 Å². The molecule has 0 radical (unpaired) electrons. The summed E-state index contributed by atoms with van der Waals surface area (Å²) in [7, 11) is 0. The van der Waals surface area contributed by atoms with Crippen LogP contribution >= 0.6 is 0 Å². The van der Waals surface area contributed by atoms with E-state index in [1.807, 2.05) is 0 Å². The summed E-state index contributed by atoms with van der Waals surface area (Å²) in [6.45, 7) is 1.52. The third-order valence-corrected chi connectivity index (χ3v) is 1.18. The summed E-state index contributed by atoms with van der Waals surface area (Å²) in [6.07, 6.45) is 4.84. The van der Waals surface area contributed by atoms with Crippen molar-refractivity contribution >= 4 is 6.16 Å². The molecule has 0 saturated heterocycles. The highest BCUT2D eigenvalue weighted by molar-refractivity contribution is 5.57. The van der Waals surface area contributed by atoms with Gasteiger partial charge in [-0.3, -0.25) is 0 Å². The van der Waals surface area contributed by atoms with Crippen molar-refractivity contribution in [3.8, 4) is 0 Å². The molecule has 0 fully saturated rings. The van der Waals surface area contributed by atoms with E-state index >= 15 is 0 Å². The second kappa shape index (κ2) is 2.65. The molecule has 0 bridgehead atoms. The van der Waals surface area contributed by atoms with E-state index in [0.717, 1.165) is 0 Å². The smallest absolute Gasteiger partial charge is 0.456 e. The molecular formula is C7H8O4. The average Bonchev–Trinajstić information content (AvgIpc) is 1.85. The van der Waals surface area contributed by atoms with Gasteiger partial charge >= 0.3 is 6.16 Å². The Morgan fingerprint density at radius 3 is 2.82 bits per heavy atom. The molecule has 1 aliphatic rings. The highest BCUT2D eigenvalue weighted by atomic mass is 16.8. The van der Waals surface area contributed by atoms with Gasteiger partial charge in [0.2, 0.25) is 0 Å². The molecule has 1 aliphatic heterocycles. The number of carboxylic acid groups (broad SMARTS) is 1. The molecule has 0 spiro atoms. The fraction of sp³-hybridized carbons (Fsp3) is 0.286. The van der Waals surface area contributed by atoms with E-state index in [-0.39, 0.29) is 0 Å². The summed E-state index contributed by atoms with van der Waals surface area (Å²) >= 11 is 0. The van der Waals surface area contributed by atoms with Crippen LogP contribution in [0.15, 0.2) is 24.5 Å². The Labute approximate surface area is 63.7 Å². The van der Waals surface area contributed by atoms with Crippen LogP contribution in [0.4, 0.5) is 4.79 Å². The van der Waals surface area contributed by atoms with Gasteiger partial charge in [0, 0.05) is 6.92 Å². The van der Waals surface area contributed by atoms with Crippen molar-refractivity contribution in [2.75, 3.05) is 0 Å². The van der Waals surface area contributed by atoms with Crippen LogP contribution in [0.1, 0.15) is 6.92 Å². The number of ether oxygens (including phenoxy) is 2. The zero-order valence-electron chi connectivity index (χ0n) is 5.98. The molecule has 1 unspecified atom stereocenters. The third-order valence-electron chi connectivity index (χ3n) is 1.18. The minimum absolute atomic E-state index is 1.17. The minimum atomic E-state index is -1.35. The first-order chi connectivity index (χ1) is 5.12. The maximum atomic E-state index is 10.1. The Morgan fingerprint density at radius 2 is 2.36 bits per heavy atom. The molecule has 11 heavy (non-hydrogen) atoms. The molecule has 1 N–H and O–H groups in total. The molecule has 4 heteroatoms. The zero-order chi connectivity index (χ0) is 8.32. The fourth-order valence-corrected chi connectivity index (χ4v) is 0.721. The first-order valence-electron chi connectivity index (χ1n) is 3.06. The Morgan fingerprint density at radius 1 is 1.64 bits per heavy atom. The summed E-state index contributed by atoms with van der Waals surface area (Å²) in [6, 6.07) is 0. The second-order valence-electron chi connectivity index (χ2n) is 2.19. The first-order valence-corrected chi connectivity index (χ1v) is 3.06. The van der Waals surface area contributed by atoms with Crippen molar-refractivity contribution in [3.63, 3.8) is 0 Å². The molecule has 0 aromatic heterocycles. The summed E-state index contributed by atoms with van der Waals surface area (Å²) in [5, 5.41) is 8.27. The largest absolute Gasteiger partial charge is 0.509 e. The normalized spacial score (nSPS) is 27.7. The molecule has 0 aliphatic carbocycles. The van der Waals surface area contributed by atoms with Gasteiger partial charge in [-0.1, -0.05) is 6.08 Å². The minimum Gasteiger partial charge on any atom is -0.456 e. The van der Waals surface area contributed by atoms with Gasteiger partial charge in [0.25, 0.3) is 5.79 Å². The van der Waals surface area contributed by atoms with E-state index in [2.05, 4.69) is 4.74 Å². The van der Waals surface area contributed by atoms with Crippen molar-refractivity contribution in [2.24, 2.45) is 0 Å². The summed E-state index contributed by atoms with van der Waals surface area (Å²) in [5.41, 5.74) is 0. The summed E-state index contributed by atoms with van der Waals surface area (Å²) in [5.74, 6) is -1.17. The lowest BCUT2D eigenvalue weighted by atomic mass is 10.2. The van der Waals surface area contributed by atoms with Crippen LogP contribution in [-0.4, -0.2) is 17.0 Å². The van der Waals surface area contributed by atoms with Crippen LogP contribution in [0.3, 0.4) is 0 Å². The van der Waals surface area contributed by atoms with Crippen LogP contribution in [-0.2, 0) is 9.47 Å². The molecule has 1 atom stereocenters. The van der Waals surface area contributed by atoms with Crippen LogP contribution in [0.25, 0.3) is 0 Å².